The van der Waals surface area contributed by atoms with Gasteiger partial charge in [0, 0.05) is 24.5 Å². The molecule has 4 aromatic rings. The first-order valence-corrected chi connectivity index (χ1v) is 15.1. The van der Waals surface area contributed by atoms with Crippen molar-refractivity contribution in [2.24, 2.45) is 0 Å². The van der Waals surface area contributed by atoms with Gasteiger partial charge in [-0.25, -0.2) is 8.42 Å². The lowest BCUT2D eigenvalue weighted by atomic mass is 10.0. The number of carbonyl (C=O) groups excluding carboxylic acids is 2. The number of nitrogens with one attached hydrogen (secondary N) is 1. The Balaban J connectivity index is 1.76. The first-order chi connectivity index (χ1) is 19.8. The van der Waals surface area contributed by atoms with Gasteiger partial charge >= 0.3 is 0 Å². The van der Waals surface area contributed by atoms with Crippen molar-refractivity contribution in [3.05, 3.63) is 131 Å². The quantitative estimate of drug-likeness (QED) is 0.243. The summed E-state index contributed by atoms with van der Waals surface area (Å²) in [6.45, 7) is 1.77. The third-order valence-electron chi connectivity index (χ3n) is 6.54. The van der Waals surface area contributed by atoms with Gasteiger partial charge in [-0.1, -0.05) is 90.5 Å². The standard InChI is InChI=1S/C32H32ClN3O4S/c1-2-34-32(38)30(22-25-12-6-3-7-13-25)35(23-26-18-20-27(33)21-19-26)31(37)24-36(28-14-8-4-9-15-28)41(39,40)29-16-10-5-11-17-29/h3-21,30H,2,22-24H2,1H3,(H,34,38). The average Bonchev–Trinajstić information content (AvgIpc) is 3.00. The van der Waals surface area contributed by atoms with Crippen LogP contribution in [-0.4, -0.2) is 44.3 Å². The zero-order valence-electron chi connectivity index (χ0n) is 22.7. The summed E-state index contributed by atoms with van der Waals surface area (Å²) >= 11 is 6.10. The van der Waals surface area contributed by atoms with Crippen LogP contribution >= 0.6 is 11.6 Å². The van der Waals surface area contributed by atoms with E-state index in [0.717, 1.165) is 15.4 Å². The number of hydrogen-bond acceptors (Lipinski definition) is 4. The molecule has 2 amide bonds. The lowest BCUT2D eigenvalue weighted by Crippen LogP contribution is -2.53. The number of para-hydroxylation sites is 1. The molecule has 0 aliphatic heterocycles. The number of halogens is 1. The summed E-state index contributed by atoms with van der Waals surface area (Å²) in [4.78, 5) is 29.2. The van der Waals surface area contributed by atoms with Gasteiger partial charge in [-0.05, 0) is 54.4 Å². The number of sulfonamides is 1. The molecule has 4 rings (SSSR count). The molecule has 4 aromatic carbocycles. The van der Waals surface area contributed by atoms with Crippen molar-refractivity contribution in [2.75, 3.05) is 17.4 Å². The van der Waals surface area contributed by atoms with Crippen molar-refractivity contribution < 1.29 is 18.0 Å². The maximum atomic E-state index is 14.2. The lowest BCUT2D eigenvalue weighted by molar-refractivity contribution is -0.140. The van der Waals surface area contributed by atoms with Gasteiger partial charge in [-0.15, -0.1) is 0 Å². The van der Waals surface area contributed by atoms with E-state index in [1.54, 1.807) is 72.8 Å². The summed E-state index contributed by atoms with van der Waals surface area (Å²) in [5.74, 6) is -0.841. The number of hydrogen-bond donors (Lipinski definition) is 1. The number of rotatable bonds is 12. The third kappa shape index (κ3) is 7.74. The first-order valence-electron chi connectivity index (χ1n) is 13.3. The van der Waals surface area contributed by atoms with Crippen LogP contribution in [0.25, 0.3) is 0 Å². The molecule has 1 atom stereocenters. The number of likely N-dealkylation sites (N-methyl/N-ethyl adjacent to an activating group) is 1. The Kier molecular flexibility index (Phi) is 10.2. The van der Waals surface area contributed by atoms with Gasteiger partial charge in [-0.2, -0.15) is 0 Å². The molecule has 1 N–H and O–H groups in total. The first kappa shape index (κ1) is 29.8. The van der Waals surface area contributed by atoms with E-state index in [0.29, 0.717) is 17.3 Å². The molecule has 0 spiro atoms. The molecule has 0 saturated heterocycles. The van der Waals surface area contributed by atoms with Gasteiger partial charge in [0.25, 0.3) is 10.0 Å². The summed E-state index contributed by atoms with van der Waals surface area (Å²) < 4.78 is 28.8. The second kappa shape index (κ2) is 14.0. The zero-order valence-corrected chi connectivity index (χ0v) is 24.3. The molecule has 212 valence electrons. The molecule has 0 heterocycles. The van der Waals surface area contributed by atoms with Gasteiger partial charge < -0.3 is 10.2 Å². The predicted molar refractivity (Wildman–Crippen MR) is 162 cm³/mol. The van der Waals surface area contributed by atoms with Crippen LogP contribution in [0.3, 0.4) is 0 Å². The molecular weight excluding hydrogens is 558 g/mol. The molecule has 0 radical (unpaired) electrons. The largest absolute Gasteiger partial charge is 0.355 e. The topological polar surface area (TPSA) is 86.8 Å². The van der Waals surface area contributed by atoms with Crippen LogP contribution in [0.1, 0.15) is 18.1 Å². The summed E-state index contributed by atoms with van der Waals surface area (Å²) in [6, 6.07) is 32.0. The number of benzene rings is 4. The second-order valence-electron chi connectivity index (χ2n) is 9.41. The molecule has 0 aliphatic carbocycles. The average molecular weight is 590 g/mol. The van der Waals surface area contributed by atoms with E-state index in [4.69, 9.17) is 11.6 Å². The van der Waals surface area contributed by atoms with Crippen LogP contribution in [0, 0.1) is 0 Å². The highest BCUT2D eigenvalue weighted by molar-refractivity contribution is 7.92. The molecule has 0 bridgehead atoms. The van der Waals surface area contributed by atoms with Crippen LogP contribution in [0.15, 0.2) is 120 Å². The zero-order chi connectivity index (χ0) is 29.2. The number of anilines is 1. The van der Waals surface area contributed by atoms with Crippen molar-refractivity contribution in [1.29, 1.82) is 0 Å². The Labute approximate surface area is 246 Å². The Morgan fingerprint density at radius 1 is 0.780 bits per heavy atom. The van der Waals surface area contributed by atoms with Crippen molar-refractivity contribution in [1.82, 2.24) is 10.2 Å². The fourth-order valence-electron chi connectivity index (χ4n) is 4.48. The number of carbonyl (C=O) groups is 2. The number of amides is 2. The molecule has 0 saturated carbocycles. The molecule has 0 aliphatic rings. The maximum absolute atomic E-state index is 14.2. The Hall–Kier alpha value is -4.14. The van der Waals surface area contributed by atoms with Crippen LogP contribution in [0.5, 0.6) is 0 Å². The fourth-order valence-corrected chi connectivity index (χ4v) is 6.04. The minimum atomic E-state index is -4.11. The van der Waals surface area contributed by atoms with E-state index in [9.17, 15) is 18.0 Å². The van der Waals surface area contributed by atoms with E-state index in [2.05, 4.69) is 5.32 Å². The Morgan fingerprint density at radius 3 is 1.93 bits per heavy atom. The van der Waals surface area contributed by atoms with Crippen LogP contribution < -0.4 is 9.62 Å². The van der Waals surface area contributed by atoms with Gasteiger partial charge in [-0.3, -0.25) is 13.9 Å². The summed E-state index contributed by atoms with van der Waals surface area (Å²) in [5, 5.41) is 3.39. The van der Waals surface area contributed by atoms with E-state index >= 15 is 0 Å². The molecule has 0 fully saturated rings. The van der Waals surface area contributed by atoms with Crippen molar-refractivity contribution in [3.63, 3.8) is 0 Å². The molecule has 1 unspecified atom stereocenters. The molecule has 7 nitrogen and oxygen atoms in total. The van der Waals surface area contributed by atoms with E-state index in [1.807, 2.05) is 37.3 Å². The third-order valence-corrected chi connectivity index (χ3v) is 8.58. The normalized spacial score (nSPS) is 11.9. The van der Waals surface area contributed by atoms with Gasteiger partial charge in [0.2, 0.25) is 11.8 Å². The van der Waals surface area contributed by atoms with Crippen LogP contribution in [-0.2, 0) is 32.6 Å². The highest BCUT2D eigenvalue weighted by Gasteiger charge is 2.34. The summed E-state index contributed by atoms with van der Waals surface area (Å²) in [5.41, 5.74) is 1.96. The molecule has 0 aromatic heterocycles. The minimum Gasteiger partial charge on any atom is -0.355 e. The molecule has 9 heteroatoms. The second-order valence-corrected chi connectivity index (χ2v) is 11.7. The smallest absolute Gasteiger partial charge is 0.264 e. The molecular formula is C32H32ClN3O4S. The monoisotopic (exact) mass is 589 g/mol. The maximum Gasteiger partial charge on any atom is 0.264 e. The van der Waals surface area contributed by atoms with E-state index < -0.39 is 28.5 Å². The summed E-state index contributed by atoms with van der Waals surface area (Å²) in [6.07, 6.45) is 0.253. The van der Waals surface area contributed by atoms with Crippen LogP contribution in [0.4, 0.5) is 5.69 Å². The van der Waals surface area contributed by atoms with Crippen molar-refractivity contribution in [3.8, 4) is 0 Å². The minimum absolute atomic E-state index is 0.0606. The van der Waals surface area contributed by atoms with Crippen molar-refractivity contribution >= 4 is 39.1 Å². The lowest BCUT2D eigenvalue weighted by Gasteiger charge is -2.33. The summed E-state index contributed by atoms with van der Waals surface area (Å²) in [7, 11) is -4.11. The van der Waals surface area contributed by atoms with Gasteiger partial charge in [0.15, 0.2) is 0 Å². The van der Waals surface area contributed by atoms with Crippen LogP contribution in [0.2, 0.25) is 5.02 Å². The molecule has 41 heavy (non-hydrogen) atoms. The van der Waals surface area contributed by atoms with E-state index in [1.165, 1.54) is 17.0 Å². The van der Waals surface area contributed by atoms with Gasteiger partial charge in [0.05, 0.1) is 10.6 Å². The van der Waals surface area contributed by atoms with Gasteiger partial charge in [0.1, 0.15) is 12.6 Å². The fraction of sp³-hybridized carbons (Fsp3) is 0.188. The highest BCUT2D eigenvalue weighted by Crippen LogP contribution is 2.25. The predicted octanol–water partition coefficient (Wildman–Crippen LogP) is 5.31. The Bertz CT molecular complexity index is 1530. The SMILES string of the molecule is CCNC(=O)C(Cc1ccccc1)N(Cc1ccc(Cl)cc1)C(=O)CN(c1ccccc1)S(=O)(=O)c1ccccc1. The van der Waals surface area contributed by atoms with E-state index in [-0.39, 0.29) is 23.8 Å². The highest BCUT2D eigenvalue weighted by atomic mass is 35.5. The van der Waals surface area contributed by atoms with Crippen molar-refractivity contribution in [2.45, 2.75) is 30.8 Å². The number of nitrogens with zero attached hydrogens (tertiary/aromatic N) is 2. The Morgan fingerprint density at radius 2 is 1.34 bits per heavy atom.